The van der Waals surface area contributed by atoms with Crippen molar-refractivity contribution in [1.82, 2.24) is 9.80 Å². The standard InChI is InChI=1S/C16H33N3/c1-13-7-14(2)9-16(8-13,12-17)19(4)11-15-5-6-18(3)10-15/h13-15H,5-12,17H2,1-4H3. The van der Waals surface area contributed by atoms with Crippen molar-refractivity contribution < 1.29 is 0 Å². The Kier molecular flexibility index (Phi) is 4.91. The maximum atomic E-state index is 6.21. The predicted molar refractivity (Wildman–Crippen MR) is 82.2 cm³/mol. The van der Waals surface area contributed by atoms with E-state index in [1.165, 1.54) is 45.3 Å². The maximum Gasteiger partial charge on any atom is 0.0333 e. The summed E-state index contributed by atoms with van der Waals surface area (Å²) < 4.78 is 0. The molecule has 3 unspecified atom stereocenters. The van der Waals surface area contributed by atoms with Crippen LogP contribution in [0.5, 0.6) is 0 Å². The summed E-state index contributed by atoms with van der Waals surface area (Å²) in [7, 11) is 4.55. The van der Waals surface area contributed by atoms with Crippen molar-refractivity contribution in [3.63, 3.8) is 0 Å². The summed E-state index contributed by atoms with van der Waals surface area (Å²) >= 11 is 0. The summed E-state index contributed by atoms with van der Waals surface area (Å²) in [6, 6.07) is 0. The van der Waals surface area contributed by atoms with Crippen molar-refractivity contribution in [3.8, 4) is 0 Å². The normalized spacial score (nSPS) is 41.1. The fourth-order valence-electron chi connectivity index (χ4n) is 4.62. The van der Waals surface area contributed by atoms with Gasteiger partial charge in [-0.25, -0.2) is 0 Å². The van der Waals surface area contributed by atoms with Crippen LogP contribution in [0.3, 0.4) is 0 Å². The van der Waals surface area contributed by atoms with Crippen molar-refractivity contribution in [1.29, 1.82) is 0 Å². The third-order valence-corrected chi connectivity index (χ3v) is 5.47. The van der Waals surface area contributed by atoms with Crippen molar-refractivity contribution in [2.45, 2.75) is 45.1 Å². The molecule has 0 radical (unpaired) electrons. The van der Waals surface area contributed by atoms with Gasteiger partial charge in [-0.2, -0.15) is 0 Å². The lowest BCUT2D eigenvalue weighted by Crippen LogP contribution is -2.57. The highest BCUT2D eigenvalue weighted by Crippen LogP contribution is 2.39. The molecule has 0 aromatic heterocycles. The lowest BCUT2D eigenvalue weighted by molar-refractivity contribution is 0.0292. The minimum atomic E-state index is 0.262. The first-order valence-corrected chi connectivity index (χ1v) is 8.05. The van der Waals surface area contributed by atoms with Crippen LogP contribution in [0.1, 0.15) is 39.5 Å². The second-order valence-corrected chi connectivity index (χ2v) is 7.58. The Balaban J connectivity index is 1.99. The highest BCUT2D eigenvalue weighted by Gasteiger charge is 2.40. The molecule has 19 heavy (non-hydrogen) atoms. The van der Waals surface area contributed by atoms with E-state index in [4.69, 9.17) is 5.73 Å². The van der Waals surface area contributed by atoms with Crippen LogP contribution in [0.2, 0.25) is 0 Å². The van der Waals surface area contributed by atoms with Crippen molar-refractivity contribution in [3.05, 3.63) is 0 Å². The zero-order chi connectivity index (χ0) is 14.0. The number of likely N-dealkylation sites (tertiary alicyclic amines) is 1. The Bertz CT molecular complexity index is 282. The second-order valence-electron chi connectivity index (χ2n) is 7.58. The van der Waals surface area contributed by atoms with Gasteiger partial charge in [0.1, 0.15) is 0 Å². The molecule has 1 aliphatic heterocycles. The Morgan fingerprint density at radius 1 is 1.26 bits per heavy atom. The number of rotatable bonds is 4. The van der Waals surface area contributed by atoms with Gasteiger partial charge in [0.05, 0.1) is 0 Å². The zero-order valence-electron chi connectivity index (χ0n) is 13.4. The average Bonchev–Trinajstić information content (AvgIpc) is 2.73. The monoisotopic (exact) mass is 267 g/mol. The summed E-state index contributed by atoms with van der Waals surface area (Å²) in [6.07, 6.45) is 5.30. The summed E-state index contributed by atoms with van der Waals surface area (Å²) in [4.78, 5) is 5.07. The van der Waals surface area contributed by atoms with Gasteiger partial charge >= 0.3 is 0 Å². The third-order valence-electron chi connectivity index (χ3n) is 5.47. The largest absolute Gasteiger partial charge is 0.329 e. The van der Waals surface area contributed by atoms with Crippen LogP contribution in [-0.4, -0.2) is 55.6 Å². The maximum absolute atomic E-state index is 6.21. The first kappa shape index (κ1) is 15.3. The topological polar surface area (TPSA) is 32.5 Å². The van der Waals surface area contributed by atoms with Gasteiger partial charge in [-0.3, -0.25) is 4.90 Å². The fourth-order valence-corrected chi connectivity index (χ4v) is 4.62. The molecular weight excluding hydrogens is 234 g/mol. The SMILES string of the molecule is CC1CC(C)CC(CN)(N(C)CC2CCN(C)C2)C1. The zero-order valence-corrected chi connectivity index (χ0v) is 13.4. The Morgan fingerprint density at radius 2 is 1.89 bits per heavy atom. The molecule has 2 fully saturated rings. The molecular formula is C16H33N3. The molecule has 1 saturated carbocycles. The molecule has 1 aliphatic carbocycles. The molecule has 3 heteroatoms. The second kappa shape index (κ2) is 6.11. The number of hydrogen-bond donors (Lipinski definition) is 1. The summed E-state index contributed by atoms with van der Waals surface area (Å²) in [6.45, 7) is 9.37. The molecule has 1 saturated heterocycles. The van der Waals surface area contributed by atoms with E-state index in [0.717, 1.165) is 24.3 Å². The summed E-state index contributed by atoms with van der Waals surface area (Å²) in [5, 5.41) is 0. The molecule has 0 aromatic carbocycles. The van der Waals surface area contributed by atoms with Crippen LogP contribution in [0, 0.1) is 17.8 Å². The van der Waals surface area contributed by atoms with E-state index in [0.29, 0.717) is 0 Å². The highest BCUT2D eigenvalue weighted by molar-refractivity contribution is 4.97. The molecule has 2 rings (SSSR count). The molecule has 0 aromatic rings. The van der Waals surface area contributed by atoms with E-state index in [9.17, 15) is 0 Å². The molecule has 3 nitrogen and oxygen atoms in total. The Labute approximate surface area is 119 Å². The van der Waals surface area contributed by atoms with Gasteiger partial charge in [0.25, 0.3) is 0 Å². The molecule has 0 spiro atoms. The van der Waals surface area contributed by atoms with Crippen LogP contribution >= 0.6 is 0 Å². The van der Waals surface area contributed by atoms with Crippen molar-refractivity contribution in [2.75, 3.05) is 40.3 Å². The van der Waals surface area contributed by atoms with Gasteiger partial charge in [0.2, 0.25) is 0 Å². The smallest absolute Gasteiger partial charge is 0.0333 e. The third kappa shape index (κ3) is 3.50. The first-order valence-electron chi connectivity index (χ1n) is 8.05. The average molecular weight is 267 g/mol. The molecule has 0 amide bonds. The molecule has 3 atom stereocenters. The van der Waals surface area contributed by atoms with Crippen LogP contribution in [0.4, 0.5) is 0 Å². The molecule has 0 bridgehead atoms. The minimum Gasteiger partial charge on any atom is -0.329 e. The molecule has 112 valence electrons. The van der Waals surface area contributed by atoms with E-state index in [1.807, 2.05) is 0 Å². The van der Waals surface area contributed by atoms with Crippen molar-refractivity contribution >= 4 is 0 Å². The first-order chi connectivity index (χ1) is 8.95. The Morgan fingerprint density at radius 3 is 2.37 bits per heavy atom. The van der Waals surface area contributed by atoms with E-state index >= 15 is 0 Å². The summed E-state index contributed by atoms with van der Waals surface area (Å²) in [5.41, 5.74) is 6.48. The van der Waals surface area contributed by atoms with Gasteiger partial charge in [0, 0.05) is 25.2 Å². The fraction of sp³-hybridized carbons (Fsp3) is 1.00. The summed E-state index contributed by atoms with van der Waals surface area (Å²) in [5.74, 6) is 2.48. The number of likely N-dealkylation sites (N-methyl/N-ethyl adjacent to an activating group) is 1. The van der Waals surface area contributed by atoms with Gasteiger partial charge in [-0.1, -0.05) is 13.8 Å². The lowest BCUT2D eigenvalue weighted by Gasteiger charge is -2.49. The van der Waals surface area contributed by atoms with Crippen LogP contribution in [0.15, 0.2) is 0 Å². The lowest BCUT2D eigenvalue weighted by atomic mass is 9.70. The van der Waals surface area contributed by atoms with Gasteiger partial charge in [-0.15, -0.1) is 0 Å². The molecule has 1 heterocycles. The van der Waals surface area contributed by atoms with Crippen LogP contribution in [-0.2, 0) is 0 Å². The van der Waals surface area contributed by atoms with Crippen molar-refractivity contribution in [2.24, 2.45) is 23.5 Å². The number of nitrogens with zero attached hydrogens (tertiary/aromatic N) is 2. The Hall–Kier alpha value is -0.120. The van der Waals surface area contributed by atoms with E-state index in [1.54, 1.807) is 0 Å². The van der Waals surface area contributed by atoms with Gasteiger partial charge in [-0.05, 0) is 64.1 Å². The molecule has 2 N–H and O–H groups in total. The van der Waals surface area contributed by atoms with E-state index in [-0.39, 0.29) is 5.54 Å². The number of nitrogens with two attached hydrogens (primary N) is 1. The van der Waals surface area contributed by atoms with Gasteiger partial charge in [0.15, 0.2) is 0 Å². The van der Waals surface area contributed by atoms with E-state index in [2.05, 4.69) is 37.7 Å². The highest BCUT2D eigenvalue weighted by atomic mass is 15.2. The van der Waals surface area contributed by atoms with Crippen LogP contribution < -0.4 is 5.73 Å². The molecule has 2 aliphatic rings. The number of hydrogen-bond acceptors (Lipinski definition) is 3. The van der Waals surface area contributed by atoms with Gasteiger partial charge < -0.3 is 10.6 Å². The van der Waals surface area contributed by atoms with E-state index < -0.39 is 0 Å². The quantitative estimate of drug-likeness (QED) is 0.846. The predicted octanol–water partition coefficient (Wildman–Crippen LogP) is 2.02. The minimum absolute atomic E-state index is 0.262. The van der Waals surface area contributed by atoms with Crippen LogP contribution in [0.25, 0.3) is 0 Å².